The Hall–Kier alpha value is -1.16. The van der Waals surface area contributed by atoms with Crippen molar-refractivity contribution in [3.8, 4) is 0 Å². The molecule has 1 aromatic carbocycles. The molecule has 0 saturated carbocycles. The van der Waals surface area contributed by atoms with Gasteiger partial charge in [-0.05, 0) is 24.5 Å². The van der Waals surface area contributed by atoms with E-state index in [1.165, 1.54) is 5.56 Å². The normalized spacial score (nSPS) is 19.3. The van der Waals surface area contributed by atoms with Gasteiger partial charge in [0.1, 0.15) is 5.91 Å². The van der Waals surface area contributed by atoms with Crippen LogP contribution in [0.2, 0.25) is 0 Å². The summed E-state index contributed by atoms with van der Waals surface area (Å²) in [5.41, 5.74) is 1.17. The van der Waals surface area contributed by atoms with Crippen LogP contribution in [-0.2, 0) is 16.0 Å². The summed E-state index contributed by atoms with van der Waals surface area (Å²) < 4.78 is 6.00. The Balaban J connectivity index is 1.94. The van der Waals surface area contributed by atoms with Crippen LogP contribution < -0.4 is 0 Å². The topological polar surface area (TPSA) is 38.7 Å². The van der Waals surface area contributed by atoms with Gasteiger partial charge in [0, 0.05) is 10.9 Å². The predicted octanol–water partition coefficient (Wildman–Crippen LogP) is 2.21. The molecule has 15 heavy (non-hydrogen) atoms. The van der Waals surface area contributed by atoms with Crippen molar-refractivity contribution in [2.75, 3.05) is 0 Å². The molecule has 0 bridgehead atoms. The Kier molecular flexibility index (Phi) is 3.16. The molecule has 1 aliphatic heterocycles. The van der Waals surface area contributed by atoms with E-state index in [0.717, 1.165) is 10.9 Å². The molecule has 1 atom stereocenters. The molecule has 0 saturated heterocycles. The number of benzene rings is 1. The lowest BCUT2D eigenvalue weighted by Crippen LogP contribution is -2.16. The second-order valence-electron chi connectivity index (χ2n) is 3.28. The van der Waals surface area contributed by atoms with Gasteiger partial charge in [0.2, 0.25) is 0 Å². The molecule has 1 unspecified atom stereocenters. The summed E-state index contributed by atoms with van der Waals surface area (Å²) >= 11 is 3.46. The first-order chi connectivity index (χ1) is 7.27. The molecule has 78 valence electrons. The van der Waals surface area contributed by atoms with Gasteiger partial charge in [-0.15, -0.1) is 0 Å². The molecule has 1 heterocycles. The molecule has 1 aromatic rings. The summed E-state index contributed by atoms with van der Waals surface area (Å²) in [6.45, 7) is 0. The summed E-state index contributed by atoms with van der Waals surface area (Å²) in [6, 6.07) is 7.94. The summed E-state index contributed by atoms with van der Waals surface area (Å²) in [4.78, 5) is 14.5. The summed E-state index contributed by atoms with van der Waals surface area (Å²) in [5.74, 6) is -0.234. The average Bonchev–Trinajstić information content (AvgIpc) is 2.63. The lowest BCUT2D eigenvalue weighted by atomic mass is 10.1. The maximum absolute atomic E-state index is 11.1. The first kappa shape index (κ1) is 10.4. The third-order valence-electron chi connectivity index (χ3n) is 2.26. The maximum Gasteiger partial charge on any atom is 0.127 e. The Labute approximate surface area is 96.3 Å². The highest BCUT2D eigenvalue weighted by atomic mass is 79.9. The summed E-state index contributed by atoms with van der Waals surface area (Å²) in [6.07, 6.45) is 3.21. The number of hydrogen-bond donors (Lipinski definition) is 0. The number of rotatable bonds is 3. The number of aliphatic imine (C=N–C) groups is 1. The van der Waals surface area contributed by atoms with Crippen LogP contribution in [0.1, 0.15) is 12.0 Å². The van der Waals surface area contributed by atoms with Crippen molar-refractivity contribution < 1.29 is 9.53 Å². The van der Waals surface area contributed by atoms with Crippen LogP contribution in [0, 0.1) is 0 Å². The molecular formula is C11H9BrNO2-. The molecule has 3 nitrogen and oxygen atoms in total. The van der Waals surface area contributed by atoms with Crippen molar-refractivity contribution in [1.29, 1.82) is 0 Å². The molecule has 0 aliphatic carbocycles. The smallest absolute Gasteiger partial charge is 0.127 e. The molecule has 1 aliphatic rings. The van der Waals surface area contributed by atoms with E-state index in [4.69, 9.17) is 4.74 Å². The van der Waals surface area contributed by atoms with Gasteiger partial charge in [-0.25, -0.2) is 0 Å². The van der Waals surface area contributed by atoms with Crippen molar-refractivity contribution >= 4 is 28.2 Å². The highest BCUT2D eigenvalue weighted by Crippen LogP contribution is 2.19. The SMILES string of the molecule is O=C1N=[C-]OC1CCc1ccccc1Br. The van der Waals surface area contributed by atoms with Gasteiger partial charge < -0.3 is 14.5 Å². The van der Waals surface area contributed by atoms with Gasteiger partial charge in [0.25, 0.3) is 0 Å². The van der Waals surface area contributed by atoms with Crippen molar-refractivity contribution in [2.24, 2.45) is 4.99 Å². The first-order valence-electron chi connectivity index (χ1n) is 4.66. The van der Waals surface area contributed by atoms with E-state index in [0.29, 0.717) is 6.42 Å². The average molecular weight is 267 g/mol. The monoisotopic (exact) mass is 266 g/mol. The summed E-state index contributed by atoms with van der Waals surface area (Å²) in [5, 5.41) is 0. The van der Waals surface area contributed by atoms with E-state index < -0.39 is 6.10 Å². The Morgan fingerprint density at radius 1 is 1.47 bits per heavy atom. The van der Waals surface area contributed by atoms with Crippen molar-refractivity contribution in [2.45, 2.75) is 18.9 Å². The molecule has 2 rings (SSSR count). The number of aryl methyl sites for hydroxylation is 1. The van der Waals surface area contributed by atoms with Crippen LogP contribution in [0.3, 0.4) is 0 Å². The number of halogens is 1. The second-order valence-corrected chi connectivity index (χ2v) is 4.13. The zero-order valence-electron chi connectivity index (χ0n) is 7.94. The minimum Gasteiger partial charge on any atom is -0.578 e. The molecule has 0 N–H and O–H groups in total. The van der Waals surface area contributed by atoms with E-state index in [1.807, 2.05) is 24.3 Å². The van der Waals surface area contributed by atoms with Crippen LogP contribution in [0.25, 0.3) is 0 Å². The zero-order valence-corrected chi connectivity index (χ0v) is 9.53. The van der Waals surface area contributed by atoms with Gasteiger partial charge in [-0.3, -0.25) is 0 Å². The molecule has 1 amide bonds. The molecule has 4 heteroatoms. The number of carbonyl (C=O) groups excluding carboxylic acids is 1. The zero-order chi connectivity index (χ0) is 10.7. The van der Waals surface area contributed by atoms with Gasteiger partial charge in [-0.1, -0.05) is 34.1 Å². The fourth-order valence-corrected chi connectivity index (χ4v) is 1.91. The van der Waals surface area contributed by atoms with E-state index in [2.05, 4.69) is 27.3 Å². The quantitative estimate of drug-likeness (QED) is 0.787. The highest BCUT2D eigenvalue weighted by molar-refractivity contribution is 9.10. The number of nitrogens with zero attached hydrogens (tertiary/aromatic N) is 1. The van der Waals surface area contributed by atoms with E-state index in [-0.39, 0.29) is 5.91 Å². The van der Waals surface area contributed by atoms with Crippen LogP contribution in [0.5, 0.6) is 0 Å². The molecule has 0 spiro atoms. The number of hydrogen-bond acceptors (Lipinski definition) is 2. The van der Waals surface area contributed by atoms with E-state index >= 15 is 0 Å². The maximum atomic E-state index is 11.1. The van der Waals surface area contributed by atoms with Crippen molar-refractivity contribution in [3.63, 3.8) is 0 Å². The minimum atomic E-state index is -0.447. The number of amides is 1. The van der Waals surface area contributed by atoms with Crippen LogP contribution >= 0.6 is 15.9 Å². The molecular weight excluding hydrogens is 258 g/mol. The number of ether oxygens (including phenoxy) is 1. The lowest BCUT2D eigenvalue weighted by Gasteiger charge is -2.14. The molecule has 0 radical (unpaired) electrons. The summed E-state index contributed by atoms with van der Waals surface area (Å²) in [7, 11) is 0. The van der Waals surface area contributed by atoms with Crippen LogP contribution in [0.15, 0.2) is 33.7 Å². The largest absolute Gasteiger partial charge is 0.578 e. The van der Waals surface area contributed by atoms with Crippen LogP contribution in [-0.4, -0.2) is 18.4 Å². The van der Waals surface area contributed by atoms with E-state index in [1.54, 1.807) is 0 Å². The van der Waals surface area contributed by atoms with Crippen LogP contribution in [0.4, 0.5) is 0 Å². The van der Waals surface area contributed by atoms with Gasteiger partial charge in [0.15, 0.2) is 0 Å². The van der Waals surface area contributed by atoms with Gasteiger partial charge in [-0.2, -0.15) is 0 Å². The number of carbonyl (C=O) groups is 1. The fourth-order valence-electron chi connectivity index (χ4n) is 1.43. The Morgan fingerprint density at radius 3 is 2.93 bits per heavy atom. The minimum absolute atomic E-state index is 0.234. The lowest BCUT2D eigenvalue weighted by molar-refractivity contribution is -0.122. The first-order valence-corrected chi connectivity index (χ1v) is 5.45. The third-order valence-corrected chi connectivity index (χ3v) is 3.03. The fraction of sp³-hybridized carbons (Fsp3) is 0.273. The second kappa shape index (κ2) is 4.57. The third kappa shape index (κ3) is 2.45. The Morgan fingerprint density at radius 2 is 2.27 bits per heavy atom. The van der Waals surface area contributed by atoms with Crippen molar-refractivity contribution in [3.05, 3.63) is 34.3 Å². The van der Waals surface area contributed by atoms with Gasteiger partial charge in [0.05, 0.1) is 6.10 Å². The highest BCUT2D eigenvalue weighted by Gasteiger charge is 2.13. The molecule has 0 aromatic heterocycles. The predicted molar refractivity (Wildman–Crippen MR) is 59.8 cm³/mol. The standard InChI is InChI=1S/C11H9BrNO2/c12-9-4-2-1-3-8(9)5-6-10-11(14)13-7-15-10/h1-4,10H,5-6H2/q-1. The molecule has 0 fully saturated rings. The Bertz CT molecular complexity index is 403. The van der Waals surface area contributed by atoms with Crippen molar-refractivity contribution in [1.82, 2.24) is 0 Å². The van der Waals surface area contributed by atoms with E-state index in [9.17, 15) is 4.79 Å². The van der Waals surface area contributed by atoms with Gasteiger partial charge >= 0.3 is 0 Å².